The number of fused-ring (bicyclic) bond motifs is 6. The zero-order valence-corrected chi connectivity index (χ0v) is 14.1. The number of rotatable bonds is 1. The lowest BCUT2D eigenvalue weighted by Crippen LogP contribution is -2.38. The summed E-state index contributed by atoms with van der Waals surface area (Å²) in [6.45, 7) is 0. The SMILES string of the molecule is O=C1[C@H]2[C@H](C(=O)N1c1ccccc1)[C@H]1C[C@H]2C2=C1[C@H]1CC[C@H]2[C@@H]2C[C@@H]21. The van der Waals surface area contributed by atoms with Crippen molar-refractivity contribution in [1.82, 2.24) is 0 Å². The van der Waals surface area contributed by atoms with Crippen LogP contribution in [0, 0.1) is 47.3 Å². The molecule has 1 aromatic rings. The first kappa shape index (κ1) is 13.3. The summed E-state index contributed by atoms with van der Waals surface area (Å²) < 4.78 is 0. The first-order chi connectivity index (χ1) is 12.3. The maximum absolute atomic E-state index is 13.2. The van der Waals surface area contributed by atoms with Crippen LogP contribution in [0.5, 0.6) is 0 Å². The standard InChI is InChI=1S/C22H21NO2/c24-21-19-15-9-16(18-12-7-6-11(17(15)18)13-8-14(12)13)20(19)22(25)23(21)10-4-2-1-3-5-10/h1-5,11-16,19-20H,6-9H2/t11-,12-,13-,14+,15-,16-,19+,20+/m0/s1. The number of carbonyl (C=O) groups is 2. The summed E-state index contributed by atoms with van der Waals surface area (Å²) >= 11 is 0. The topological polar surface area (TPSA) is 37.4 Å². The van der Waals surface area contributed by atoms with Gasteiger partial charge in [0.25, 0.3) is 0 Å². The van der Waals surface area contributed by atoms with Gasteiger partial charge in [-0.05, 0) is 73.3 Å². The predicted octanol–water partition coefficient (Wildman–Crippen LogP) is 3.41. The maximum Gasteiger partial charge on any atom is 0.238 e. The summed E-state index contributed by atoms with van der Waals surface area (Å²) in [5.74, 6) is 4.16. The highest BCUT2D eigenvalue weighted by atomic mass is 16.2. The van der Waals surface area contributed by atoms with Gasteiger partial charge in [-0.1, -0.05) is 29.3 Å². The van der Waals surface area contributed by atoms with Gasteiger partial charge in [-0.3, -0.25) is 14.5 Å². The van der Waals surface area contributed by atoms with Gasteiger partial charge in [-0.15, -0.1) is 0 Å². The van der Waals surface area contributed by atoms with E-state index in [9.17, 15) is 9.59 Å². The molecule has 0 spiro atoms. The number of anilines is 1. The molecule has 8 rings (SSSR count). The fraction of sp³-hybridized carbons (Fsp3) is 0.545. The minimum absolute atomic E-state index is 0.0620. The fourth-order valence-corrected chi connectivity index (χ4v) is 7.72. The summed E-state index contributed by atoms with van der Waals surface area (Å²) in [6, 6.07) is 9.55. The minimum Gasteiger partial charge on any atom is -0.274 e. The molecule has 1 aliphatic heterocycles. The number of amides is 2. The number of hydrogen-bond donors (Lipinski definition) is 0. The predicted molar refractivity (Wildman–Crippen MR) is 92.3 cm³/mol. The highest BCUT2D eigenvalue weighted by Crippen LogP contribution is 2.73. The number of para-hydroxylation sites is 1. The van der Waals surface area contributed by atoms with E-state index in [0.29, 0.717) is 11.8 Å². The Kier molecular flexibility index (Phi) is 2.18. The van der Waals surface area contributed by atoms with Crippen molar-refractivity contribution in [2.75, 3.05) is 4.90 Å². The molecule has 3 saturated carbocycles. The molecule has 4 fully saturated rings. The number of nitrogens with zero attached hydrogens (tertiary/aromatic N) is 1. The zero-order chi connectivity index (χ0) is 16.4. The van der Waals surface area contributed by atoms with Crippen LogP contribution >= 0.6 is 0 Å². The Balaban J connectivity index is 1.34. The zero-order valence-electron chi connectivity index (χ0n) is 14.1. The van der Waals surface area contributed by atoms with E-state index in [1.54, 1.807) is 11.1 Å². The Morgan fingerprint density at radius 2 is 1.28 bits per heavy atom. The molecule has 0 radical (unpaired) electrons. The molecule has 6 aliphatic carbocycles. The molecule has 0 unspecified atom stereocenters. The average Bonchev–Trinajstić information content (AvgIpc) is 3.17. The molecule has 7 aliphatic rings. The smallest absolute Gasteiger partial charge is 0.238 e. The second kappa shape index (κ2) is 4.08. The van der Waals surface area contributed by atoms with Crippen LogP contribution < -0.4 is 4.90 Å². The Labute approximate surface area is 147 Å². The van der Waals surface area contributed by atoms with Gasteiger partial charge in [-0.25, -0.2) is 0 Å². The van der Waals surface area contributed by atoms with Gasteiger partial charge < -0.3 is 0 Å². The van der Waals surface area contributed by atoms with Crippen LogP contribution in [0.25, 0.3) is 0 Å². The Bertz CT molecular complexity index is 821. The fourth-order valence-electron chi connectivity index (χ4n) is 7.72. The average molecular weight is 331 g/mol. The van der Waals surface area contributed by atoms with E-state index in [1.165, 1.54) is 24.2 Å². The third-order valence-corrected chi connectivity index (χ3v) is 8.43. The minimum atomic E-state index is -0.0620. The lowest BCUT2D eigenvalue weighted by Gasteiger charge is -2.44. The van der Waals surface area contributed by atoms with E-state index in [4.69, 9.17) is 0 Å². The van der Waals surface area contributed by atoms with Crippen LogP contribution in [0.15, 0.2) is 41.5 Å². The normalized spacial score (nSPS) is 48.1. The monoisotopic (exact) mass is 331 g/mol. The van der Waals surface area contributed by atoms with Gasteiger partial charge in [-0.2, -0.15) is 0 Å². The van der Waals surface area contributed by atoms with Gasteiger partial charge in [0.15, 0.2) is 0 Å². The Morgan fingerprint density at radius 1 is 0.720 bits per heavy atom. The molecule has 8 atom stereocenters. The molecule has 4 bridgehead atoms. The van der Waals surface area contributed by atoms with Crippen molar-refractivity contribution >= 4 is 17.5 Å². The molecular weight excluding hydrogens is 310 g/mol. The summed E-state index contributed by atoms with van der Waals surface area (Å²) in [5, 5.41) is 0. The molecule has 1 heterocycles. The van der Waals surface area contributed by atoms with E-state index >= 15 is 0 Å². The molecule has 126 valence electrons. The Hall–Kier alpha value is -1.90. The molecule has 0 aromatic heterocycles. The first-order valence-electron chi connectivity index (χ1n) is 9.92. The maximum atomic E-state index is 13.2. The summed E-state index contributed by atoms with van der Waals surface area (Å²) in [6.07, 6.45) is 5.19. The molecule has 1 aromatic carbocycles. The lowest BCUT2D eigenvalue weighted by atomic mass is 9.60. The van der Waals surface area contributed by atoms with Gasteiger partial charge in [0.2, 0.25) is 11.8 Å². The van der Waals surface area contributed by atoms with Gasteiger partial charge >= 0.3 is 0 Å². The van der Waals surface area contributed by atoms with Crippen molar-refractivity contribution in [3.05, 3.63) is 41.5 Å². The third-order valence-electron chi connectivity index (χ3n) is 8.43. The highest BCUT2D eigenvalue weighted by Gasteiger charge is 2.70. The summed E-state index contributed by atoms with van der Waals surface area (Å²) in [4.78, 5) is 28.0. The van der Waals surface area contributed by atoms with Crippen LogP contribution in [-0.2, 0) is 9.59 Å². The molecule has 3 nitrogen and oxygen atoms in total. The van der Waals surface area contributed by atoms with Crippen molar-refractivity contribution in [2.45, 2.75) is 25.7 Å². The van der Waals surface area contributed by atoms with Crippen LogP contribution in [0.1, 0.15) is 25.7 Å². The van der Waals surface area contributed by atoms with Gasteiger partial charge in [0, 0.05) is 0 Å². The number of allylic oxidation sites excluding steroid dienone is 2. The number of benzene rings is 1. The highest BCUT2D eigenvalue weighted by molar-refractivity contribution is 6.23. The number of imide groups is 1. The summed E-state index contributed by atoms with van der Waals surface area (Å²) in [7, 11) is 0. The molecule has 1 saturated heterocycles. The quantitative estimate of drug-likeness (QED) is 0.584. The largest absolute Gasteiger partial charge is 0.274 e. The molecule has 3 heteroatoms. The van der Waals surface area contributed by atoms with E-state index in [2.05, 4.69) is 0 Å². The van der Waals surface area contributed by atoms with E-state index in [-0.39, 0.29) is 23.7 Å². The van der Waals surface area contributed by atoms with E-state index in [1.807, 2.05) is 30.3 Å². The van der Waals surface area contributed by atoms with Crippen LogP contribution in [0.4, 0.5) is 5.69 Å². The van der Waals surface area contributed by atoms with Crippen LogP contribution in [0.3, 0.4) is 0 Å². The molecule has 2 amide bonds. The second-order valence-corrected chi connectivity index (χ2v) is 9.11. The summed E-state index contributed by atoms with van der Waals surface area (Å²) in [5.41, 5.74) is 4.12. The molecule has 0 N–H and O–H groups in total. The second-order valence-electron chi connectivity index (χ2n) is 9.11. The van der Waals surface area contributed by atoms with E-state index < -0.39 is 0 Å². The molecule has 25 heavy (non-hydrogen) atoms. The van der Waals surface area contributed by atoms with E-state index in [0.717, 1.165) is 35.8 Å². The van der Waals surface area contributed by atoms with Crippen molar-refractivity contribution in [2.24, 2.45) is 47.3 Å². The van der Waals surface area contributed by atoms with Gasteiger partial charge in [0.05, 0.1) is 17.5 Å². The van der Waals surface area contributed by atoms with Crippen LogP contribution in [-0.4, -0.2) is 11.8 Å². The van der Waals surface area contributed by atoms with Crippen LogP contribution in [0.2, 0.25) is 0 Å². The van der Waals surface area contributed by atoms with Crippen molar-refractivity contribution in [3.63, 3.8) is 0 Å². The van der Waals surface area contributed by atoms with Gasteiger partial charge in [0.1, 0.15) is 0 Å². The van der Waals surface area contributed by atoms with Crippen molar-refractivity contribution < 1.29 is 9.59 Å². The lowest BCUT2D eigenvalue weighted by molar-refractivity contribution is -0.123. The Morgan fingerprint density at radius 3 is 1.84 bits per heavy atom. The van der Waals surface area contributed by atoms with Crippen molar-refractivity contribution in [1.29, 1.82) is 0 Å². The first-order valence-corrected chi connectivity index (χ1v) is 9.92. The number of hydrogen-bond acceptors (Lipinski definition) is 2. The van der Waals surface area contributed by atoms with Crippen molar-refractivity contribution in [3.8, 4) is 0 Å². The number of carbonyl (C=O) groups excluding carboxylic acids is 2. The molecular formula is C22H21NO2. The third kappa shape index (κ3) is 1.36.